The van der Waals surface area contributed by atoms with E-state index in [1.807, 2.05) is 30.7 Å². The van der Waals surface area contributed by atoms with Crippen molar-refractivity contribution in [2.75, 3.05) is 26.3 Å². The largest absolute Gasteiger partial charge is 0.378 e. The number of aromatic nitrogens is 2. The highest BCUT2D eigenvalue weighted by molar-refractivity contribution is 7.18. The molecule has 146 valence electrons. The number of nitrogens with one attached hydrogen (secondary N) is 1. The number of nitrogens with zero attached hydrogens (tertiary/aromatic N) is 2. The Balaban J connectivity index is 1.84. The van der Waals surface area contributed by atoms with Crippen LogP contribution in [0.5, 0.6) is 0 Å². The van der Waals surface area contributed by atoms with Crippen LogP contribution in [0.15, 0.2) is 21.6 Å². The smallest absolute Gasteiger partial charge is 0.260 e. The van der Waals surface area contributed by atoms with Gasteiger partial charge in [0, 0.05) is 18.0 Å². The van der Waals surface area contributed by atoms with Gasteiger partial charge in [0.05, 0.1) is 24.2 Å². The van der Waals surface area contributed by atoms with E-state index >= 15 is 0 Å². The van der Waals surface area contributed by atoms with E-state index in [1.165, 1.54) is 11.3 Å². The van der Waals surface area contributed by atoms with Crippen LogP contribution in [0.25, 0.3) is 21.9 Å². The molecule has 0 radical (unpaired) electrons. The van der Waals surface area contributed by atoms with Crippen LogP contribution >= 0.6 is 22.7 Å². The lowest BCUT2D eigenvalue weighted by molar-refractivity contribution is -0.128. The summed E-state index contributed by atoms with van der Waals surface area (Å²) in [5.41, 5.74) is 2.17. The molecule has 6 nitrogen and oxygen atoms in total. The molecule has 1 fully saturated rings. The van der Waals surface area contributed by atoms with Gasteiger partial charge in [-0.1, -0.05) is 6.92 Å². The zero-order valence-corrected chi connectivity index (χ0v) is 17.4. The van der Waals surface area contributed by atoms with Crippen LogP contribution in [0.3, 0.4) is 0 Å². The second kappa shape index (κ2) is 7.98. The van der Waals surface area contributed by atoms with Crippen LogP contribution in [-0.4, -0.2) is 47.1 Å². The van der Waals surface area contributed by atoms with E-state index in [1.54, 1.807) is 22.3 Å². The molecule has 0 atom stereocenters. The molecule has 0 saturated carbocycles. The lowest BCUT2D eigenvalue weighted by Gasteiger charge is -2.27. The Hall–Kier alpha value is -2.29. The number of hydrogen-bond acceptors (Lipinski definition) is 6. The predicted octanol–water partition coefficient (Wildman–Crippen LogP) is 3.32. The van der Waals surface area contributed by atoms with Gasteiger partial charge in [0.25, 0.3) is 11.5 Å². The SMILES string of the molecule is CCc1c(C)sc2nc(/C(=C\c3ccsc3)C(=O)N3CCOCC3)[nH]c(=O)c12. The number of fused-ring (bicyclic) bond motifs is 1. The summed E-state index contributed by atoms with van der Waals surface area (Å²) in [6, 6.07) is 1.94. The zero-order chi connectivity index (χ0) is 19.7. The number of carbonyl (C=O) groups excluding carboxylic acids is 1. The molecule has 0 spiro atoms. The van der Waals surface area contributed by atoms with E-state index in [0.717, 1.165) is 22.4 Å². The van der Waals surface area contributed by atoms with E-state index in [0.29, 0.717) is 47.9 Å². The van der Waals surface area contributed by atoms with Crippen molar-refractivity contribution in [2.24, 2.45) is 0 Å². The Morgan fingerprint density at radius 1 is 1.39 bits per heavy atom. The van der Waals surface area contributed by atoms with Gasteiger partial charge in [-0.2, -0.15) is 11.3 Å². The first kappa shape index (κ1) is 19.0. The second-order valence-electron chi connectivity index (χ2n) is 6.60. The molecule has 0 bridgehead atoms. The highest BCUT2D eigenvalue weighted by Gasteiger charge is 2.25. The lowest BCUT2D eigenvalue weighted by Crippen LogP contribution is -2.41. The minimum Gasteiger partial charge on any atom is -0.378 e. The Bertz CT molecular complexity index is 1090. The van der Waals surface area contributed by atoms with Gasteiger partial charge in [-0.3, -0.25) is 9.59 Å². The molecule has 4 rings (SSSR count). The summed E-state index contributed by atoms with van der Waals surface area (Å²) in [6.07, 6.45) is 2.58. The molecule has 28 heavy (non-hydrogen) atoms. The summed E-state index contributed by atoms with van der Waals surface area (Å²) < 4.78 is 5.36. The zero-order valence-electron chi connectivity index (χ0n) is 15.8. The first-order chi connectivity index (χ1) is 13.6. The Kier molecular flexibility index (Phi) is 5.43. The number of rotatable bonds is 4. The van der Waals surface area contributed by atoms with Gasteiger partial charge in [0.1, 0.15) is 10.7 Å². The fourth-order valence-corrected chi connectivity index (χ4v) is 5.15. The van der Waals surface area contributed by atoms with Crippen molar-refractivity contribution >= 4 is 50.4 Å². The number of aryl methyl sites for hydroxylation is 2. The monoisotopic (exact) mass is 415 g/mol. The van der Waals surface area contributed by atoms with Gasteiger partial charge in [-0.05, 0) is 47.4 Å². The van der Waals surface area contributed by atoms with Crippen molar-refractivity contribution in [2.45, 2.75) is 20.3 Å². The van der Waals surface area contributed by atoms with Gasteiger partial charge in [0.15, 0.2) is 0 Å². The predicted molar refractivity (Wildman–Crippen MR) is 114 cm³/mol. The van der Waals surface area contributed by atoms with Crippen molar-refractivity contribution in [1.82, 2.24) is 14.9 Å². The number of ether oxygens (including phenoxy) is 1. The number of amides is 1. The summed E-state index contributed by atoms with van der Waals surface area (Å²) in [6.45, 7) is 6.14. The van der Waals surface area contributed by atoms with Gasteiger partial charge in [-0.25, -0.2) is 4.98 Å². The molecule has 0 aliphatic carbocycles. The third kappa shape index (κ3) is 3.55. The number of hydrogen-bond donors (Lipinski definition) is 1. The maximum atomic E-state index is 13.2. The number of carbonyl (C=O) groups is 1. The lowest BCUT2D eigenvalue weighted by atomic mass is 10.1. The molecule has 1 saturated heterocycles. The topological polar surface area (TPSA) is 75.3 Å². The van der Waals surface area contributed by atoms with Gasteiger partial charge >= 0.3 is 0 Å². The standard InChI is InChI=1S/C20H21N3O3S2/c1-3-14-12(2)28-19-16(14)18(24)21-17(22-19)15(10-13-4-9-27-11-13)20(25)23-5-7-26-8-6-23/h4,9-11H,3,5-8H2,1-2H3,(H,21,22,24)/b15-10+. The number of H-pyrrole nitrogens is 1. The average Bonchev–Trinajstić information content (AvgIpc) is 3.33. The Morgan fingerprint density at radius 2 is 2.18 bits per heavy atom. The number of thiophene rings is 2. The Morgan fingerprint density at radius 3 is 2.86 bits per heavy atom. The molecule has 0 aromatic carbocycles. The normalized spacial score (nSPS) is 15.4. The molecule has 1 amide bonds. The summed E-state index contributed by atoms with van der Waals surface area (Å²) >= 11 is 3.06. The quantitative estimate of drug-likeness (QED) is 0.664. The summed E-state index contributed by atoms with van der Waals surface area (Å²) in [7, 11) is 0. The van der Waals surface area contributed by atoms with Crippen molar-refractivity contribution in [3.05, 3.63) is 49.0 Å². The van der Waals surface area contributed by atoms with Crippen LogP contribution in [-0.2, 0) is 16.0 Å². The van der Waals surface area contributed by atoms with Gasteiger partial charge in [-0.15, -0.1) is 11.3 Å². The molecule has 1 aliphatic heterocycles. The fraction of sp³-hybridized carbons (Fsp3) is 0.350. The van der Waals surface area contributed by atoms with E-state index in [2.05, 4.69) is 9.97 Å². The number of aromatic amines is 1. The van der Waals surface area contributed by atoms with Gasteiger partial charge in [0.2, 0.25) is 0 Å². The van der Waals surface area contributed by atoms with Crippen molar-refractivity contribution in [3.63, 3.8) is 0 Å². The fourth-order valence-electron chi connectivity index (χ4n) is 3.42. The molecule has 3 aromatic rings. The number of morpholine rings is 1. The van der Waals surface area contributed by atoms with Crippen LogP contribution in [0, 0.1) is 6.92 Å². The molecular formula is C20H21N3O3S2. The molecule has 0 unspecified atom stereocenters. The van der Waals surface area contributed by atoms with Crippen molar-refractivity contribution in [3.8, 4) is 0 Å². The van der Waals surface area contributed by atoms with E-state index in [-0.39, 0.29) is 11.5 Å². The van der Waals surface area contributed by atoms with Crippen LogP contribution < -0.4 is 5.56 Å². The average molecular weight is 416 g/mol. The summed E-state index contributed by atoms with van der Waals surface area (Å²) in [4.78, 5) is 37.2. The first-order valence-electron chi connectivity index (χ1n) is 9.22. The first-order valence-corrected chi connectivity index (χ1v) is 11.0. The third-order valence-corrected chi connectivity index (χ3v) is 6.60. The highest BCUT2D eigenvalue weighted by Crippen LogP contribution is 2.29. The molecule has 1 N–H and O–H groups in total. The van der Waals surface area contributed by atoms with E-state index < -0.39 is 0 Å². The highest BCUT2D eigenvalue weighted by atomic mass is 32.1. The van der Waals surface area contributed by atoms with Crippen LogP contribution in [0.1, 0.15) is 28.8 Å². The minimum atomic E-state index is -0.188. The summed E-state index contributed by atoms with van der Waals surface area (Å²) in [5, 5.41) is 4.56. The molecule has 1 aliphatic rings. The van der Waals surface area contributed by atoms with Crippen molar-refractivity contribution < 1.29 is 9.53 Å². The molecule has 3 aromatic heterocycles. The van der Waals surface area contributed by atoms with Gasteiger partial charge < -0.3 is 14.6 Å². The third-order valence-electron chi connectivity index (χ3n) is 4.85. The molecular weight excluding hydrogens is 394 g/mol. The van der Waals surface area contributed by atoms with E-state index in [9.17, 15) is 9.59 Å². The summed E-state index contributed by atoms with van der Waals surface area (Å²) in [5.74, 6) is 0.185. The van der Waals surface area contributed by atoms with Crippen LogP contribution in [0.4, 0.5) is 0 Å². The van der Waals surface area contributed by atoms with Crippen molar-refractivity contribution in [1.29, 1.82) is 0 Å². The van der Waals surface area contributed by atoms with Crippen LogP contribution in [0.2, 0.25) is 0 Å². The molecule has 4 heterocycles. The van der Waals surface area contributed by atoms with E-state index in [4.69, 9.17) is 4.74 Å². The Labute approximate surface area is 170 Å². The maximum Gasteiger partial charge on any atom is 0.260 e. The second-order valence-corrected chi connectivity index (χ2v) is 8.59. The minimum absolute atomic E-state index is 0.138. The maximum absolute atomic E-state index is 13.2. The molecule has 8 heteroatoms.